The van der Waals surface area contributed by atoms with Crippen molar-refractivity contribution < 1.29 is 14.3 Å². The lowest BCUT2D eigenvalue weighted by atomic mass is 10.1. The van der Waals surface area contributed by atoms with Crippen LogP contribution in [0, 0.1) is 5.92 Å². The Balaban J connectivity index is 1.57. The van der Waals surface area contributed by atoms with E-state index in [1.807, 2.05) is 41.3 Å². The average Bonchev–Trinajstić information content (AvgIpc) is 2.98. The molecule has 0 atom stereocenters. The third-order valence-electron chi connectivity index (χ3n) is 5.11. The van der Waals surface area contributed by atoms with Crippen molar-refractivity contribution in [2.24, 2.45) is 5.92 Å². The number of carbonyl (C=O) groups excluding carboxylic acids is 1. The van der Waals surface area contributed by atoms with Gasteiger partial charge < -0.3 is 14.4 Å². The van der Waals surface area contributed by atoms with E-state index < -0.39 is 0 Å². The number of hydrogen-bond acceptors (Lipinski definition) is 4. The fourth-order valence-corrected chi connectivity index (χ4v) is 3.49. The van der Waals surface area contributed by atoms with Crippen molar-refractivity contribution in [1.29, 1.82) is 0 Å². The van der Waals surface area contributed by atoms with Crippen molar-refractivity contribution in [2.45, 2.75) is 26.8 Å². The second-order valence-corrected chi connectivity index (χ2v) is 8.00. The summed E-state index contributed by atoms with van der Waals surface area (Å²) in [6.45, 7) is 9.18. The van der Waals surface area contributed by atoms with Gasteiger partial charge in [-0.3, -0.25) is 9.69 Å². The number of ether oxygens (including phenoxy) is 2. The van der Waals surface area contributed by atoms with Crippen LogP contribution in [-0.2, 0) is 6.54 Å². The van der Waals surface area contributed by atoms with Crippen molar-refractivity contribution in [3.8, 4) is 11.5 Å². The molecular weight excluding hydrogens is 364 g/mol. The Morgan fingerprint density at radius 3 is 2.52 bits per heavy atom. The van der Waals surface area contributed by atoms with Crippen LogP contribution in [0.2, 0.25) is 0 Å². The van der Waals surface area contributed by atoms with Crippen LogP contribution in [-0.4, -0.2) is 55.6 Å². The molecule has 1 amide bonds. The zero-order valence-corrected chi connectivity index (χ0v) is 17.8. The van der Waals surface area contributed by atoms with Gasteiger partial charge in [0.05, 0.1) is 13.7 Å². The molecule has 0 aliphatic carbocycles. The molecule has 0 saturated carbocycles. The fourth-order valence-electron chi connectivity index (χ4n) is 3.49. The van der Waals surface area contributed by atoms with E-state index in [1.165, 1.54) is 5.56 Å². The summed E-state index contributed by atoms with van der Waals surface area (Å²) in [6.07, 6.45) is 0.978. The summed E-state index contributed by atoms with van der Waals surface area (Å²) < 4.78 is 11.0. The Morgan fingerprint density at radius 2 is 1.79 bits per heavy atom. The van der Waals surface area contributed by atoms with Crippen LogP contribution in [0.15, 0.2) is 48.5 Å². The molecule has 0 bridgehead atoms. The minimum atomic E-state index is 0.0892. The summed E-state index contributed by atoms with van der Waals surface area (Å²) in [5.41, 5.74) is 1.97. The lowest BCUT2D eigenvalue weighted by Crippen LogP contribution is -2.35. The first-order valence-corrected chi connectivity index (χ1v) is 10.4. The first-order chi connectivity index (χ1) is 14.0. The van der Waals surface area contributed by atoms with Gasteiger partial charge in [-0.2, -0.15) is 0 Å². The highest BCUT2D eigenvalue weighted by Gasteiger charge is 2.20. The smallest absolute Gasteiger partial charge is 0.254 e. The van der Waals surface area contributed by atoms with Gasteiger partial charge in [0.25, 0.3) is 5.91 Å². The lowest BCUT2D eigenvalue weighted by molar-refractivity contribution is 0.0760. The summed E-state index contributed by atoms with van der Waals surface area (Å²) in [6, 6.07) is 15.8. The summed E-state index contributed by atoms with van der Waals surface area (Å²) in [5, 5.41) is 0. The number of hydrogen-bond donors (Lipinski definition) is 0. The maximum atomic E-state index is 13.0. The molecule has 0 spiro atoms. The van der Waals surface area contributed by atoms with E-state index in [1.54, 1.807) is 7.11 Å². The Hall–Kier alpha value is -2.53. The molecular formula is C24H32N2O3. The molecule has 1 aliphatic rings. The summed E-state index contributed by atoms with van der Waals surface area (Å²) in [5.74, 6) is 2.18. The molecule has 0 radical (unpaired) electrons. The highest BCUT2D eigenvalue weighted by molar-refractivity contribution is 5.94. The van der Waals surface area contributed by atoms with Gasteiger partial charge >= 0.3 is 0 Å². The first kappa shape index (κ1) is 21.2. The molecule has 3 rings (SSSR count). The molecule has 0 N–H and O–H groups in total. The molecule has 1 aliphatic heterocycles. The largest absolute Gasteiger partial charge is 0.497 e. The normalized spacial score (nSPS) is 15.2. The van der Waals surface area contributed by atoms with E-state index in [4.69, 9.17) is 9.47 Å². The van der Waals surface area contributed by atoms with Gasteiger partial charge in [0, 0.05) is 38.3 Å². The molecule has 5 nitrogen and oxygen atoms in total. The van der Waals surface area contributed by atoms with Gasteiger partial charge in [-0.25, -0.2) is 0 Å². The average molecular weight is 397 g/mol. The molecule has 156 valence electrons. The quantitative estimate of drug-likeness (QED) is 0.707. The molecule has 29 heavy (non-hydrogen) atoms. The van der Waals surface area contributed by atoms with Crippen molar-refractivity contribution in [3.05, 3.63) is 59.7 Å². The minimum Gasteiger partial charge on any atom is -0.497 e. The first-order valence-electron chi connectivity index (χ1n) is 10.4. The second-order valence-electron chi connectivity index (χ2n) is 8.00. The molecule has 2 aromatic carbocycles. The van der Waals surface area contributed by atoms with Crippen LogP contribution < -0.4 is 9.47 Å². The Bertz CT molecular complexity index is 789. The predicted octanol–water partition coefficient (Wildman–Crippen LogP) is 4.08. The summed E-state index contributed by atoms with van der Waals surface area (Å²) in [7, 11) is 1.68. The number of rotatable bonds is 7. The molecule has 5 heteroatoms. The molecule has 1 heterocycles. The lowest BCUT2D eigenvalue weighted by Gasteiger charge is -2.22. The van der Waals surface area contributed by atoms with Crippen LogP contribution in [0.1, 0.15) is 36.2 Å². The van der Waals surface area contributed by atoms with Crippen molar-refractivity contribution in [3.63, 3.8) is 0 Å². The van der Waals surface area contributed by atoms with Crippen LogP contribution in [0.5, 0.6) is 11.5 Å². The molecule has 1 saturated heterocycles. The Kier molecular flexibility index (Phi) is 7.53. The van der Waals surface area contributed by atoms with Gasteiger partial charge in [-0.15, -0.1) is 0 Å². The highest BCUT2D eigenvalue weighted by Crippen LogP contribution is 2.18. The zero-order chi connectivity index (χ0) is 20.6. The Morgan fingerprint density at radius 1 is 1.00 bits per heavy atom. The van der Waals surface area contributed by atoms with Gasteiger partial charge in [-0.1, -0.05) is 32.0 Å². The summed E-state index contributed by atoms with van der Waals surface area (Å²) in [4.78, 5) is 17.4. The number of nitrogens with zero attached hydrogens (tertiary/aromatic N) is 2. The van der Waals surface area contributed by atoms with E-state index in [2.05, 4.69) is 30.9 Å². The third-order valence-corrected chi connectivity index (χ3v) is 5.11. The predicted molar refractivity (Wildman–Crippen MR) is 116 cm³/mol. The summed E-state index contributed by atoms with van der Waals surface area (Å²) >= 11 is 0. The van der Waals surface area contributed by atoms with Crippen LogP contribution in [0.4, 0.5) is 0 Å². The SMILES string of the molecule is COc1ccc(CN2CCCN(C(=O)c3cccc(OCC(C)C)c3)CC2)cc1. The molecule has 2 aromatic rings. The molecule has 1 fully saturated rings. The van der Waals surface area contributed by atoms with Crippen molar-refractivity contribution in [2.75, 3.05) is 39.9 Å². The number of carbonyl (C=O) groups is 1. The molecule has 0 unspecified atom stereocenters. The van der Waals surface area contributed by atoms with E-state index >= 15 is 0 Å². The maximum absolute atomic E-state index is 13.0. The minimum absolute atomic E-state index is 0.0892. The third kappa shape index (κ3) is 6.23. The van der Waals surface area contributed by atoms with Crippen molar-refractivity contribution >= 4 is 5.91 Å². The number of methoxy groups -OCH3 is 1. The monoisotopic (exact) mass is 396 g/mol. The van der Waals surface area contributed by atoms with Crippen molar-refractivity contribution in [1.82, 2.24) is 9.80 Å². The van der Waals surface area contributed by atoms with E-state index in [0.717, 1.165) is 50.6 Å². The zero-order valence-electron chi connectivity index (χ0n) is 17.8. The number of benzene rings is 2. The maximum Gasteiger partial charge on any atom is 0.254 e. The van der Waals surface area contributed by atoms with Crippen LogP contribution in [0.3, 0.4) is 0 Å². The van der Waals surface area contributed by atoms with Gasteiger partial charge in [0.2, 0.25) is 0 Å². The van der Waals surface area contributed by atoms with E-state index in [-0.39, 0.29) is 5.91 Å². The standard InChI is InChI=1S/C24H32N2O3/c1-19(2)18-29-23-7-4-6-21(16-23)24(27)26-13-5-12-25(14-15-26)17-20-8-10-22(28-3)11-9-20/h4,6-11,16,19H,5,12-15,17-18H2,1-3H3. The van der Waals surface area contributed by atoms with Crippen LogP contribution >= 0.6 is 0 Å². The Labute approximate surface area is 174 Å². The van der Waals surface area contributed by atoms with E-state index in [0.29, 0.717) is 18.1 Å². The number of amides is 1. The fraction of sp³-hybridized carbons (Fsp3) is 0.458. The van der Waals surface area contributed by atoms with Gasteiger partial charge in [0.1, 0.15) is 11.5 Å². The van der Waals surface area contributed by atoms with E-state index in [9.17, 15) is 4.79 Å². The second kappa shape index (κ2) is 10.3. The van der Waals surface area contributed by atoms with Gasteiger partial charge in [0.15, 0.2) is 0 Å². The molecule has 0 aromatic heterocycles. The van der Waals surface area contributed by atoms with Gasteiger partial charge in [-0.05, 0) is 48.2 Å². The topological polar surface area (TPSA) is 42.0 Å². The highest BCUT2D eigenvalue weighted by atomic mass is 16.5. The van der Waals surface area contributed by atoms with Crippen LogP contribution in [0.25, 0.3) is 0 Å².